The van der Waals surface area contributed by atoms with Crippen molar-refractivity contribution >= 4 is 35.0 Å². The molecular weight excluding hydrogens is 383 g/mol. The van der Waals surface area contributed by atoms with Crippen molar-refractivity contribution in [3.05, 3.63) is 28.8 Å². The summed E-state index contributed by atoms with van der Waals surface area (Å²) in [5.41, 5.74) is 3.71. The molecule has 0 bridgehead atoms. The molecule has 27 heavy (non-hydrogen) atoms. The number of nitrogens with one attached hydrogen (secondary N) is 2. The van der Waals surface area contributed by atoms with Crippen molar-refractivity contribution in [2.24, 2.45) is 0 Å². The first-order chi connectivity index (χ1) is 13.2. The van der Waals surface area contributed by atoms with E-state index in [1.807, 2.05) is 0 Å². The minimum Gasteiger partial charge on any atom is -0.462 e. The number of carbonyl (C=O) groups is 1. The molecule has 0 aliphatic carbocycles. The fourth-order valence-corrected chi connectivity index (χ4v) is 3.32. The van der Waals surface area contributed by atoms with Gasteiger partial charge in [0.15, 0.2) is 0 Å². The highest BCUT2D eigenvalue weighted by molar-refractivity contribution is 6.33. The molecule has 1 rings (SSSR count). The Balaban J connectivity index is 2.00. The average Bonchev–Trinajstić information content (AvgIpc) is 2.67. The Morgan fingerprint density at radius 3 is 2.00 bits per heavy atom. The second kappa shape index (κ2) is 16.0. The van der Waals surface area contributed by atoms with Crippen molar-refractivity contribution in [2.45, 2.75) is 84.0 Å². The van der Waals surface area contributed by atoms with Gasteiger partial charge in [-0.3, -0.25) is 0 Å². The Morgan fingerprint density at radius 2 is 1.48 bits per heavy atom. The van der Waals surface area contributed by atoms with Crippen LogP contribution in [0.25, 0.3) is 0 Å². The van der Waals surface area contributed by atoms with Gasteiger partial charge in [-0.15, -0.1) is 4.94 Å². The van der Waals surface area contributed by atoms with Gasteiger partial charge in [0.1, 0.15) is 0 Å². The van der Waals surface area contributed by atoms with Crippen LogP contribution < -0.4 is 10.4 Å². The van der Waals surface area contributed by atoms with E-state index in [1.54, 1.807) is 18.2 Å². The summed E-state index contributed by atoms with van der Waals surface area (Å²) in [6.45, 7) is 2.71. The number of rotatable bonds is 16. The van der Waals surface area contributed by atoms with Gasteiger partial charge in [0.05, 0.1) is 22.9 Å². The highest BCUT2D eigenvalue weighted by Gasteiger charge is 2.09. The zero-order valence-electron chi connectivity index (χ0n) is 16.5. The molecular formula is C21H34Cl2N2O2. The lowest BCUT2D eigenvalue weighted by Crippen LogP contribution is -2.10. The standard InChI is InChI=1S/C21H34Cl2N2O2/c1-2-3-4-5-6-7-8-9-10-11-12-13-16-27-21(26)18-14-15-20(24-25-23)19(22)17-18/h14-15,17,24-25H,2-13,16H2,1H3. The summed E-state index contributed by atoms with van der Waals surface area (Å²) in [5.74, 6) is -0.342. The number of halogens is 2. The van der Waals surface area contributed by atoms with E-state index in [0.717, 1.165) is 12.8 Å². The highest BCUT2D eigenvalue weighted by Crippen LogP contribution is 2.23. The molecule has 2 N–H and O–H groups in total. The highest BCUT2D eigenvalue weighted by atomic mass is 35.5. The number of carbonyl (C=O) groups excluding carboxylic acids is 1. The molecule has 4 nitrogen and oxygen atoms in total. The lowest BCUT2D eigenvalue weighted by molar-refractivity contribution is 0.0497. The van der Waals surface area contributed by atoms with Crippen LogP contribution in [0.2, 0.25) is 5.02 Å². The van der Waals surface area contributed by atoms with Gasteiger partial charge >= 0.3 is 5.97 Å². The number of esters is 1. The van der Waals surface area contributed by atoms with Crippen LogP contribution in [0.3, 0.4) is 0 Å². The zero-order chi connectivity index (χ0) is 19.7. The van der Waals surface area contributed by atoms with Gasteiger partial charge in [-0.05, 0) is 36.4 Å². The monoisotopic (exact) mass is 416 g/mol. The van der Waals surface area contributed by atoms with Crippen molar-refractivity contribution in [1.82, 2.24) is 4.94 Å². The predicted octanol–water partition coefficient (Wildman–Crippen LogP) is 7.27. The average molecular weight is 417 g/mol. The number of anilines is 1. The third-order valence-corrected chi connectivity index (χ3v) is 5.02. The Kier molecular flexibility index (Phi) is 14.3. The van der Waals surface area contributed by atoms with Crippen molar-refractivity contribution in [2.75, 3.05) is 12.0 Å². The maximum absolute atomic E-state index is 12.0. The van der Waals surface area contributed by atoms with Gasteiger partial charge < -0.3 is 10.2 Å². The third-order valence-electron chi connectivity index (χ3n) is 4.62. The third kappa shape index (κ3) is 11.5. The smallest absolute Gasteiger partial charge is 0.338 e. The van der Waals surface area contributed by atoms with Gasteiger partial charge in [0.25, 0.3) is 0 Å². The number of ether oxygens (including phenoxy) is 1. The molecule has 0 heterocycles. The fraction of sp³-hybridized carbons (Fsp3) is 0.667. The van der Waals surface area contributed by atoms with E-state index in [1.165, 1.54) is 64.2 Å². The number of unbranched alkanes of at least 4 members (excludes halogenated alkanes) is 11. The summed E-state index contributed by atoms with van der Waals surface area (Å²) in [5, 5.41) is 0.406. The molecule has 0 atom stereocenters. The Morgan fingerprint density at radius 1 is 0.926 bits per heavy atom. The molecule has 0 saturated heterocycles. The molecule has 0 radical (unpaired) electrons. The van der Waals surface area contributed by atoms with Crippen LogP contribution in [0.4, 0.5) is 5.69 Å². The minimum absolute atomic E-state index is 0.342. The lowest BCUT2D eigenvalue weighted by Gasteiger charge is -2.08. The van der Waals surface area contributed by atoms with Gasteiger partial charge in [-0.1, -0.05) is 89.2 Å². The van der Waals surface area contributed by atoms with Gasteiger partial charge in [0.2, 0.25) is 0 Å². The first kappa shape index (κ1) is 24.1. The molecule has 6 heteroatoms. The van der Waals surface area contributed by atoms with E-state index in [-0.39, 0.29) is 5.97 Å². The van der Waals surface area contributed by atoms with Crippen LogP contribution in [-0.2, 0) is 4.74 Å². The Bertz CT molecular complexity index is 527. The molecule has 1 aromatic rings. The van der Waals surface area contributed by atoms with Crippen molar-refractivity contribution in [1.29, 1.82) is 0 Å². The van der Waals surface area contributed by atoms with E-state index in [4.69, 9.17) is 28.1 Å². The predicted molar refractivity (Wildman–Crippen MR) is 115 cm³/mol. The number of hydrazine groups is 1. The minimum atomic E-state index is -0.342. The van der Waals surface area contributed by atoms with Crippen LogP contribution in [0, 0.1) is 0 Å². The Labute approximate surface area is 174 Å². The molecule has 154 valence electrons. The van der Waals surface area contributed by atoms with E-state index >= 15 is 0 Å². The van der Waals surface area contributed by atoms with Crippen LogP contribution in [0.15, 0.2) is 18.2 Å². The molecule has 0 aromatic heterocycles. The van der Waals surface area contributed by atoms with Crippen molar-refractivity contribution < 1.29 is 9.53 Å². The van der Waals surface area contributed by atoms with Crippen LogP contribution in [-0.4, -0.2) is 12.6 Å². The van der Waals surface area contributed by atoms with Crippen LogP contribution in [0.5, 0.6) is 0 Å². The second-order valence-corrected chi connectivity index (χ2v) is 7.54. The van der Waals surface area contributed by atoms with Gasteiger partial charge in [0, 0.05) is 0 Å². The SMILES string of the molecule is CCCCCCCCCCCCCCOC(=O)c1ccc(NNCl)c(Cl)c1. The first-order valence-corrected chi connectivity index (χ1v) is 11.0. The van der Waals surface area contributed by atoms with Crippen molar-refractivity contribution in [3.63, 3.8) is 0 Å². The largest absolute Gasteiger partial charge is 0.462 e. The topological polar surface area (TPSA) is 50.4 Å². The lowest BCUT2D eigenvalue weighted by atomic mass is 10.1. The first-order valence-electron chi connectivity index (χ1n) is 10.3. The van der Waals surface area contributed by atoms with E-state index in [2.05, 4.69) is 17.3 Å². The molecule has 0 aliphatic rings. The molecule has 0 saturated carbocycles. The Hall–Kier alpha value is -0.970. The van der Waals surface area contributed by atoms with E-state index in [9.17, 15) is 4.79 Å². The van der Waals surface area contributed by atoms with E-state index < -0.39 is 0 Å². The van der Waals surface area contributed by atoms with E-state index in [0.29, 0.717) is 22.9 Å². The fourth-order valence-electron chi connectivity index (χ4n) is 2.99. The summed E-state index contributed by atoms with van der Waals surface area (Å²) in [6, 6.07) is 4.91. The van der Waals surface area contributed by atoms with Gasteiger partial charge in [-0.2, -0.15) is 0 Å². The normalized spacial score (nSPS) is 10.8. The maximum Gasteiger partial charge on any atom is 0.338 e. The summed E-state index contributed by atoms with van der Waals surface area (Å²) < 4.78 is 5.32. The van der Waals surface area contributed by atoms with Crippen molar-refractivity contribution in [3.8, 4) is 0 Å². The molecule has 0 amide bonds. The summed E-state index contributed by atoms with van der Waals surface area (Å²) in [4.78, 5) is 14.3. The summed E-state index contributed by atoms with van der Waals surface area (Å²) in [6.07, 6.45) is 15.4. The number of hydrogen-bond acceptors (Lipinski definition) is 4. The second-order valence-electron chi connectivity index (χ2n) is 6.94. The summed E-state index contributed by atoms with van der Waals surface area (Å²) in [7, 11) is 0. The molecule has 0 aliphatic heterocycles. The number of hydrogen-bond donors (Lipinski definition) is 2. The molecule has 0 fully saturated rings. The molecule has 0 spiro atoms. The summed E-state index contributed by atoms with van der Waals surface area (Å²) >= 11 is 11.4. The molecule has 1 aromatic carbocycles. The maximum atomic E-state index is 12.0. The molecule has 0 unspecified atom stereocenters. The van der Waals surface area contributed by atoms with Crippen LogP contribution >= 0.6 is 23.4 Å². The zero-order valence-corrected chi connectivity index (χ0v) is 18.0. The number of benzene rings is 1. The van der Waals surface area contributed by atoms with Crippen LogP contribution in [0.1, 0.15) is 94.3 Å². The van der Waals surface area contributed by atoms with Gasteiger partial charge in [-0.25, -0.2) is 4.79 Å². The quantitative estimate of drug-likeness (QED) is 0.129.